The standard InChI is InChI=1S/C31H28N2O5S/c1-18-13-16-27(37-20(3)21-9-5-4-6-10-21)28-24(31(34)33-39(35,36)22-14-15-22)17-25(32-29(18)28)30-19(2)23-11-7-8-12-26(23)38-30/h4-13,16-17,20,22H,14-15H2,1-3H3,(H,33,34). The zero-order valence-electron chi connectivity index (χ0n) is 21.9. The summed E-state index contributed by atoms with van der Waals surface area (Å²) in [6.45, 7) is 5.77. The van der Waals surface area contributed by atoms with E-state index in [4.69, 9.17) is 14.1 Å². The topological polar surface area (TPSA) is 98.5 Å². The van der Waals surface area contributed by atoms with Gasteiger partial charge in [0.15, 0.2) is 5.76 Å². The quantitative estimate of drug-likeness (QED) is 0.249. The van der Waals surface area contributed by atoms with E-state index in [2.05, 4.69) is 4.72 Å². The van der Waals surface area contributed by atoms with Gasteiger partial charge in [-0.25, -0.2) is 18.1 Å². The van der Waals surface area contributed by atoms with E-state index in [1.54, 1.807) is 12.1 Å². The van der Waals surface area contributed by atoms with E-state index in [-0.39, 0.29) is 11.7 Å². The number of nitrogens with one attached hydrogen (secondary N) is 1. The Morgan fingerprint density at radius 3 is 2.46 bits per heavy atom. The number of aromatic nitrogens is 1. The molecule has 2 heterocycles. The molecule has 1 atom stereocenters. The molecule has 1 aliphatic rings. The van der Waals surface area contributed by atoms with E-state index in [0.29, 0.717) is 46.5 Å². The van der Waals surface area contributed by atoms with Gasteiger partial charge >= 0.3 is 0 Å². The van der Waals surface area contributed by atoms with Crippen molar-refractivity contribution in [1.29, 1.82) is 0 Å². The number of rotatable bonds is 7. The lowest BCUT2D eigenvalue weighted by molar-refractivity contribution is 0.0982. The molecular formula is C31H28N2O5S. The van der Waals surface area contributed by atoms with E-state index in [9.17, 15) is 13.2 Å². The van der Waals surface area contributed by atoms with Crippen LogP contribution < -0.4 is 9.46 Å². The lowest BCUT2D eigenvalue weighted by Crippen LogP contribution is -2.33. The van der Waals surface area contributed by atoms with Crippen LogP contribution in [-0.4, -0.2) is 24.6 Å². The molecule has 0 radical (unpaired) electrons. The Labute approximate surface area is 226 Å². The molecule has 0 bridgehead atoms. The number of para-hydroxylation sites is 1. The Bertz CT molecular complexity index is 1840. The largest absolute Gasteiger partial charge is 0.485 e. The number of carbonyl (C=O) groups excluding carboxylic acids is 1. The molecule has 0 saturated heterocycles. The van der Waals surface area contributed by atoms with Crippen molar-refractivity contribution in [3.05, 3.63) is 95.1 Å². The van der Waals surface area contributed by atoms with Gasteiger partial charge < -0.3 is 9.15 Å². The van der Waals surface area contributed by atoms with Crippen molar-refractivity contribution < 1.29 is 22.4 Å². The summed E-state index contributed by atoms with van der Waals surface area (Å²) in [4.78, 5) is 18.6. The number of sulfonamides is 1. The van der Waals surface area contributed by atoms with Gasteiger partial charge in [-0.3, -0.25) is 4.79 Å². The van der Waals surface area contributed by atoms with Crippen LogP contribution in [0.3, 0.4) is 0 Å². The summed E-state index contributed by atoms with van der Waals surface area (Å²) in [5.41, 5.74) is 4.53. The van der Waals surface area contributed by atoms with Crippen LogP contribution in [0.1, 0.15) is 52.9 Å². The Morgan fingerprint density at radius 2 is 1.74 bits per heavy atom. The molecule has 1 saturated carbocycles. The average Bonchev–Trinajstić information content (AvgIpc) is 3.75. The number of aryl methyl sites for hydroxylation is 2. The number of ether oxygens (including phenoxy) is 1. The fraction of sp³-hybridized carbons (Fsp3) is 0.226. The molecule has 7 nitrogen and oxygen atoms in total. The van der Waals surface area contributed by atoms with Crippen LogP contribution >= 0.6 is 0 Å². The van der Waals surface area contributed by atoms with Gasteiger partial charge in [0.05, 0.1) is 21.7 Å². The van der Waals surface area contributed by atoms with Gasteiger partial charge in [-0.2, -0.15) is 0 Å². The smallest absolute Gasteiger partial charge is 0.265 e. The summed E-state index contributed by atoms with van der Waals surface area (Å²) in [7, 11) is -3.78. The van der Waals surface area contributed by atoms with Gasteiger partial charge in [0.25, 0.3) is 5.91 Å². The molecule has 1 N–H and O–H groups in total. The second-order valence-corrected chi connectivity index (χ2v) is 12.0. The van der Waals surface area contributed by atoms with Crippen LogP contribution in [0.15, 0.2) is 77.2 Å². The Kier molecular flexibility index (Phi) is 6.14. The Balaban J connectivity index is 1.55. The van der Waals surface area contributed by atoms with Gasteiger partial charge in [-0.1, -0.05) is 54.6 Å². The van der Waals surface area contributed by atoms with Crippen LogP contribution in [0.5, 0.6) is 5.75 Å². The predicted molar refractivity (Wildman–Crippen MR) is 151 cm³/mol. The van der Waals surface area contributed by atoms with Crippen molar-refractivity contribution in [2.75, 3.05) is 0 Å². The fourth-order valence-corrected chi connectivity index (χ4v) is 6.18. The molecule has 1 fully saturated rings. The van der Waals surface area contributed by atoms with Crippen molar-refractivity contribution >= 4 is 37.8 Å². The van der Waals surface area contributed by atoms with Crippen LogP contribution in [0.25, 0.3) is 33.3 Å². The Morgan fingerprint density at radius 1 is 1.03 bits per heavy atom. The average molecular weight is 541 g/mol. The first-order chi connectivity index (χ1) is 18.7. The number of furan rings is 1. The zero-order chi connectivity index (χ0) is 27.3. The Hall–Kier alpha value is -4.17. The molecule has 198 valence electrons. The minimum absolute atomic E-state index is 0.165. The molecule has 8 heteroatoms. The third-order valence-corrected chi connectivity index (χ3v) is 9.03. The van der Waals surface area contributed by atoms with Crippen molar-refractivity contribution in [3.63, 3.8) is 0 Å². The molecular weight excluding hydrogens is 512 g/mol. The number of pyridine rings is 1. The van der Waals surface area contributed by atoms with Crippen LogP contribution in [0.4, 0.5) is 0 Å². The first kappa shape index (κ1) is 25.1. The van der Waals surface area contributed by atoms with E-state index >= 15 is 0 Å². The lowest BCUT2D eigenvalue weighted by atomic mass is 10.0. The van der Waals surface area contributed by atoms with Crippen molar-refractivity contribution in [2.24, 2.45) is 0 Å². The van der Waals surface area contributed by atoms with E-state index in [0.717, 1.165) is 22.1 Å². The van der Waals surface area contributed by atoms with Gasteiger partial charge in [-0.15, -0.1) is 0 Å². The van der Waals surface area contributed by atoms with E-state index < -0.39 is 21.2 Å². The highest BCUT2D eigenvalue weighted by Gasteiger charge is 2.37. The second-order valence-electron chi connectivity index (χ2n) is 10.1. The first-order valence-corrected chi connectivity index (χ1v) is 14.5. The highest BCUT2D eigenvalue weighted by Crippen LogP contribution is 2.38. The normalized spacial score (nSPS) is 14.4. The van der Waals surface area contributed by atoms with Gasteiger partial charge in [0, 0.05) is 10.9 Å². The number of carbonyl (C=O) groups is 1. The van der Waals surface area contributed by atoms with Crippen molar-refractivity contribution in [2.45, 2.75) is 45.0 Å². The third kappa shape index (κ3) is 4.65. The highest BCUT2D eigenvalue weighted by atomic mass is 32.2. The molecule has 1 unspecified atom stereocenters. The van der Waals surface area contributed by atoms with E-state index in [1.807, 2.05) is 81.4 Å². The molecule has 1 aliphatic carbocycles. The predicted octanol–water partition coefficient (Wildman–Crippen LogP) is 6.63. The minimum atomic E-state index is -3.78. The first-order valence-electron chi connectivity index (χ1n) is 12.9. The second kappa shape index (κ2) is 9.54. The zero-order valence-corrected chi connectivity index (χ0v) is 22.7. The van der Waals surface area contributed by atoms with Crippen LogP contribution in [0.2, 0.25) is 0 Å². The molecule has 39 heavy (non-hydrogen) atoms. The molecule has 5 aromatic rings. The molecule has 3 aromatic carbocycles. The van der Waals surface area contributed by atoms with Crippen LogP contribution in [-0.2, 0) is 10.0 Å². The number of amides is 1. The maximum Gasteiger partial charge on any atom is 0.265 e. The number of hydrogen-bond acceptors (Lipinski definition) is 6. The maximum absolute atomic E-state index is 13.7. The van der Waals surface area contributed by atoms with Crippen molar-refractivity contribution in [3.8, 4) is 17.2 Å². The van der Waals surface area contributed by atoms with E-state index in [1.165, 1.54) is 0 Å². The van der Waals surface area contributed by atoms with Gasteiger partial charge in [-0.05, 0) is 62.9 Å². The maximum atomic E-state index is 13.7. The van der Waals surface area contributed by atoms with Gasteiger partial charge in [0.2, 0.25) is 10.0 Å². The summed E-state index contributed by atoms with van der Waals surface area (Å²) in [6, 6.07) is 22.7. The minimum Gasteiger partial charge on any atom is -0.485 e. The van der Waals surface area contributed by atoms with Crippen molar-refractivity contribution in [1.82, 2.24) is 9.71 Å². The third-order valence-electron chi connectivity index (χ3n) is 7.22. The summed E-state index contributed by atoms with van der Waals surface area (Å²) in [5, 5.41) is 0.864. The molecule has 0 aliphatic heterocycles. The fourth-order valence-electron chi connectivity index (χ4n) is 4.88. The number of hydrogen-bond donors (Lipinski definition) is 1. The number of fused-ring (bicyclic) bond motifs is 2. The molecule has 0 spiro atoms. The summed E-state index contributed by atoms with van der Waals surface area (Å²) >= 11 is 0. The lowest BCUT2D eigenvalue weighted by Gasteiger charge is -2.19. The summed E-state index contributed by atoms with van der Waals surface area (Å²) < 4.78 is 40.4. The monoisotopic (exact) mass is 540 g/mol. The molecule has 6 rings (SSSR count). The van der Waals surface area contributed by atoms with Crippen LogP contribution in [0, 0.1) is 13.8 Å². The SMILES string of the molecule is Cc1c(-c2cc(C(=O)NS(=O)(=O)C3CC3)c3c(OC(C)c4ccccc4)ccc(C)c3n2)oc2ccccc12. The summed E-state index contributed by atoms with van der Waals surface area (Å²) in [6.07, 6.45) is 0.775. The summed E-state index contributed by atoms with van der Waals surface area (Å²) in [5.74, 6) is 0.258. The number of benzene rings is 3. The molecule has 1 amide bonds. The highest BCUT2D eigenvalue weighted by molar-refractivity contribution is 7.91. The number of nitrogens with zero attached hydrogens (tertiary/aromatic N) is 1. The van der Waals surface area contributed by atoms with Gasteiger partial charge in [0.1, 0.15) is 23.1 Å². The molecule has 2 aromatic heterocycles.